The summed E-state index contributed by atoms with van der Waals surface area (Å²) in [4.78, 5) is 1.14. The van der Waals surface area contributed by atoms with Crippen molar-refractivity contribution >= 4 is 17.4 Å². The van der Waals surface area contributed by atoms with Crippen LogP contribution < -0.4 is 5.73 Å². The van der Waals surface area contributed by atoms with Gasteiger partial charge < -0.3 is 10.5 Å². The van der Waals surface area contributed by atoms with E-state index in [1.54, 1.807) is 11.8 Å². The van der Waals surface area contributed by atoms with Crippen molar-refractivity contribution < 1.29 is 4.74 Å². The van der Waals surface area contributed by atoms with Crippen molar-refractivity contribution in [2.24, 2.45) is 0 Å². The second kappa shape index (κ2) is 5.90. The fraction of sp³-hybridized carbons (Fsp3) is 0.294. The van der Waals surface area contributed by atoms with Gasteiger partial charge in [-0.2, -0.15) is 0 Å². The van der Waals surface area contributed by atoms with Crippen molar-refractivity contribution in [3.63, 3.8) is 0 Å². The topological polar surface area (TPSA) is 35.2 Å². The highest BCUT2D eigenvalue weighted by atomic mass is 32.2. The number of rotatable bonds is 3. The quantitative estimate of drug-likeness (QED) is 0.684. The maximum atomic E-state index is 6.07. The average molecular weight is 285 g/mol. The Labute approximate surface area is 124 Å². The predicted octanol–water partition coefficient (Wildman–Crippen LogP) is 3.98. The minimum Gasteiger partial charge on any atom is -0.398 e. The molecule has 3 rings (SSSR count). The molecule has 0 radical (unpaired) electrons. The van der Waals surface area contributed by atoms with Crippen LogP contribution in [0.5, 0.6) is 0 Å². The lowest BCUT2D eigenvalue weighted by atomic mass is 9.99. The molecule has 2 aromatic carbocycles. The summed E-state index contributed by atoms with van der Waals surface area (Å²) in [5, 5.41) is 0. The van der Waals surface area contributed by atoms with Crippen LogP contribution in [0.2, 0.25) is 0 Å². The number of hydrogen-bond donors (Lipinski definition) is 1. The molecule has 3 heteroatoms. The van der Waals surface area contributed by atoms with Crippen LogP contribution in [0, 0.1) is 6.92 Å². The second-order valence-corrected chi connectivity index (χ2v) is 6.22. The van der Waals surface area contributed by atoms with E-state index in [2.05, 4.69) is 43.3 Å². The van der Waals surface area contributed by atoms with Gasteiger partial charge in [0.25, 0.3) is 0 Å². The monoisotopic (exact) mass is 285 g/mol. The predicted molar refractivity (Wildman–Crippen MR) is 85.2 cm³/mol. The molecular weight excluding hydrogens is 266 g/mol. The number of aryl methyl sites for hydroxylation is 1. The van der Waals surface area contributed by atoms with Gasteiger partial charge in [-0.25, -0.2) is 0 Å². The molecule has 0 aliphatic carbocycles. The molecule has 2 nitrogen and oxygen atoms in total. The van der Waals surface area contributed by atoms with E-state index in [4.69, 9.17) is 10.5 Å². The molecule has 1 aliphatic rings. The van der Waals surface area contributed by atoms with Gasteiger partial charge in [0.1, 0.15) is 0 Å². The minimum atomic E-state index is 0.172. The molecule has 1 heterocycles. The number of ether oxygens (including phenoxy) is 1. The molecule has 0 amide bonds. The van der Waals surface area contributed by atoms with Gasteiger partial charge in [0, 0.05) is 16.3 Å². The van der Waals surface area contributed by atoms with E-state index in [1.165, 1.54) is 16.7 Å². The van der Waals surface area contributed by atoms with Crippen LogP contribution in [0.3, 0.4) is 0 Å². The highest BCUT2D eigenvalue weighted by Gasteiger charge is 2.20. The van der Waals surface area contributed by atoms with E-state index in [-0.39, 0.29) is 6.10 Å². The molecule has 2 aromatic rings. The third kappa shape index (κ3) is 2.84. The first kappa shape index (κ1) is 13.5. The van der Waals surface area contributed by atoms with Crippen LogP contribution in [0.15, 0.2) is 47.4 Å². The standard InChI is InChI=1S/C17H19NOS/c1-12-6-7-17(15(18)10-12)20-11-16-14-5-3-2-4-13(14)8-9-19-16/h2-7,10,16H,8-9,11,18H2,1H3. The van der Waals surface area contributed by atoms with Gasteiger partial charge >= 0.3 is 0 Å². The van der Waals surface area contributed by atoms with Gasteiger partial charge in [0.2, 0.25) is 0 Å². The molecule has 2 N–H and O–H groups in total. The van der Waals surface area contributed by atoms with Crippen LogP contribution in [0.4, 0.5) is 5.69 Å². The lowest BCUT2D eigenvalue weighted by Crippen LogP contribution is -2.17. The van der Waals surface area contributed by atoms with Crippen LogP contribution in [0.25, 0.3) is 0 Å². The van der Waals surface area contributed by atoms with E-state index in [9.17, 15) is 0 Å². The number of nitrogens with two attached hydrogens (primary N) is 1. The summed E-state index contributed by atoms with van der Waals surface area (Å²) in [7, 11) is 0. The summed E-state index contributed by atoms with van der Waals surface area (Å²) >= 11 is 1.78. The van der Waals surface area contributed by atoms with Crippen molar-refractivity contribution in [1.82, 2.24) is 0 Å². The maximum absolute atomic E-state index is 6.07. The Morgan fingerprint density at radius 3 is 2.95 bits per heavy atom. The molecule has 20 heavy (non-hydrogen) atoms. The summed E-state index contributed by atoms with van der Waals surface area (Å²) in [5.41, 5.74) is 10.9. The van der Waals surface area contributed by atoms with E-state index in [1.807, 2.05) is 6.07 Å². The van der Waals surface area contributed by atoms with Crippen LogP contribution in [0.1, 0.15) is 22.8 Å². The molecule has 0 saturated carbocycles. The zero-order valence-corrected chi connectivity index (χ0v) is 12.5. The van der Waals surface area contributed by atoms with Crippen LogP contribution >= 0.6 is 11.8 Å². The first-order chi connectivity index (χ1) is 9.74. The number of benzene rings is 2. The fourth-order valence-electron chi connectivity index (χ4n) is 2.58. The van der Waals surface area contributed by atoms with Crippen molar-refractivity contribution in [3.8, 4) is 0 Å². The van der Waals surface area contributed by atoms with Crippen LogP contribution in [-0.2, 0) is 11.2 Å². The number of fused-ring (bicyclic) bond motifs is 1. The fourth-order valence-corrected chi connectivity index (χ4v) is 3.58. The SMILES string of the molecule is Cc1ccc(SCC2OCCc3ccccc32)c(N)c1. The van der Waals surface area contributed by atoms with Gasteiger partial charge in [-0.3, -0.25) is 0 Å². The number of hydrogen-bond acceptors (Lipinski definition) is 3. The Morgan fingerprint density at radius 1 is 1.25 bits per heavy atom. The maximum Gasteiger partial charge on any atom is 0.0921 e. The van der Waals surface area contributed by atoms with Gasteiger partial charge in [-0.1, -0.05) is 30.3 Å². The minimum absolute atomic E-state index is 0.172. The highest BCUT2D eigenvalue weighted by Crippen LogP contribution is 2.34. The average Bonchev–Trinajstić information content (AvgIpc) is 2.46. The summed E-state index contributed by atoms with van der Waals surface area (Å²) in [6.07, 6.45) is 1.19. The molecule has 0 aromatic heterocycles. The second-order valence-electron chi connectivity index (χ2n) is 5.16. The van der Waals surface area contributed by atoms with Gasteiger partial charge in [0.05, 0.1) is 12.7 Å². The van der Waals surface area contributed by atoms with Crippen molar-refractivity contribution in [3.05, 3.63) is 59.2 Å². The molecule has 1 aliphatic heterocycles. The number of thioether (sulfide) groups is 1. The zero-order chi connectivity index (χ0) is 13.9. The molecular formula is C17H19NOS. The van der Waals surface area contributed by atoms with Crippen LogP contribution in [-0.4, -0.2) is 12.4 Å². The summed E-state index contributed by atoms with van der Waals surface area (Å²) < 4.78 is 5.93. The molecule has 0 fully saturated rings. The Balaban J connectivity index is 1.73. The highest BCUT2D eigenvalue weighted by molar-refractivity contribution is 7.99. The summed E-state index contributed by atoms with van der Waals surface area (Å²) in [6, 6.07) is 14.8. The zero-order valence-electron chi connectivity index (χ0n) is 11.6. The smallest absolute Gasteiger partial charge is 0.0921 e. The summed E-state index contributed by atoms with van der Waals surface area (Å²) in [5.74, 6) is 0.907. The number of nitrogen functional groups attached to an aromatic ring is 1. The van der Waals surface area contributed by atoms with E-state index in [0.717, 1.165) is 29.4 Å². The Hall–Kier alpha value is -1.45. The summed E-state index contributed by atoms with van der Waals surface area (Å²) in [6.45, 7) is 2.87. The van der Waals surface area contributed by atoms with Gasteiger partial charge in [-0.05, 0) is 42.2 Å². The van der Waals surface area contributed by atoms with E-state index >= 15 is 0 Å². The number of anilines is 1. The molecule has 0 spiro atoms. The lowest BCUT2D eigenvalue weighted by Gasteiger charge is -2.26. The van der Waals surface area contributed by atoms with Gasteiger partial charge in [-0.15, -0.1) is 11.8 Å². The van der Waals surface area contributed by atoms with Crippen molar-refractivity contribution in [2.45, 2.75) is 24.3 Å². The Kier molecular flexibility index (Phi) is 3.99. The molecule has 1 unspecified atom stereocenters. The first-order valence-electron chi connectivity index (χ1n) is 6.92. The largest absolute Gasteiger partial charge is 0.398 e. The van der Waals surface area contributed by atoms with Gasteiger partial charge in [0.15, 0.2) is 0 Å². The lowest BCUT2D eigenvalue weighted by molar-refractivity contribution is 0.0588. The first-order valence-corrected chi connectivity index (χ1v) is 7.91. The van der Waals surface area contributed by atoms with Crippen molar-refractivity contribution in [2.75, 3.05) is 18.1 Å². The molecule has 0 saturated heterocycles. The molecule has 104 valence electrons. The normalized spacial score (nSPS) is 17.8. The molecule has 1 atom stereocenters. The van der Waals surface area contributed by atoms with E-state index in [0.29, 0.717) is 0 Å². The van der Waals surface area contributed by atoms with Crippen molar-refractivity contribution in [1.29, 1.82) is 0 Å². The third-order valence-corrected chi connectivity index (χ3v) is 4.80. The molecule has 0 bridgehead atoms. The Morgan fingerprint density at radius 2 is 2.10 bits per heavy atom. The third-order valence-electron chi connectivity index (χ3n) is 3.65. The van der Waals surface area contributed by atoms with E-state index < -0.39 is 0 Å². The Bertz CT molecular complexity index is 612.